The van der Waals surface area contributed by atoms with Crippen molar-refractivity contribution in [2.75, 3.05) is 18.9 Å². The van der Waals surface area contributed by atoms with Gasteiger partial charge in [0.25, 0.3) is 0 Å². The monoisotopic (exact) mass is 305 g/mol. The molecule has 2 unspecified atom stereocenters. The van der Waals surface area contributed by atoms with Crippen LogP contribution in [0.25, 0.3) is 0 Å². The van der Waals surface area contributed by atoms with Crippen LogP contribution in [0.15, 0.2) is 28.7 Å². The highest BCUT2D eigenvalue weighted by Crippen LogP contribution is 2.17. The molecule has 16 heavy (non-hydrogen) atoms. The smallest absolute Gasteiger partial charge is 0.120 e. The van der Waals surface area contributed by atoms with Gasteiger partial charge in [0.2, 0.25) is 0 Å². The molecular weight excluding hydrogens is 290 g/mol. The van der Waals surface area contributed by atoms with Crippen LogP contribution in [0.1, 0.15) is 6.92 Å². The summed E-state index contributed by atoms with van der Waals surface area (Å²) in [6.07, 6.45) is 0. The Morgan fingerprint density at radius 1 is 1.56 bits per heavy atom. The number of rotatable bonds is 6. The Kier molecular flexibility index (Phi) is 6.01. The fourth-order valence-electron chi connectivity index (χ4n) is 1.11. The number of hydrogen-bond acceptors (Lipinski definition) is 3. The van der Waals surface area contributed by atoms with Crippen molar-refractivity contribution in [3.8, 4) is 5.75 Å². The number of benzene rings is 1. The first-order valence-electron chi connectivity index (χ1n) is 5.09. The van der Waals surface area contributed by atoms with Crippen LogP contribution in [0.4, 0.5) is 0 Å². The van der Waals surface area contributed by atoms with Crippen LogP contribution in [0.3, 0.4) is 0 Å². The number of nitrogens with two attached hydrogens (primary N) is 1. The summed E-state index contributed by atoms with van der Waals surface area (Å²) in [7, 11) is -0.906. The van der Waals surface area contributed by atoms with Gasteiger partial charge >= 0.3 is 0 Å². The number of hydrogen-bond donors (Lipinski definition) is 1. The SMILES string of the molecule is CC(CN)S(=O)CCOc1cccc(Br)c1. The Hall–Kier alpha value is -0.390. The Bertz CT molecular complexity index is 360. The van der Waals surface area contributed by atoms with Gasteiger partial charge in [0.1, 0.15) is 5.75 Å². The van der Waals surface area contributed by atoms with Gasteiger partial charge in [0.15, 0.2) is 0 Å². The molecule has 0 saturated heterocycles. The fourth-order valence-corrected chi connectivity index (χ4v) is 2.35. The first-order chi connectivity index (χ1) is 7.63. The molecule has 0 saturated carbocycles. The second kappa shape index (κ2) is 7.04. The molecule has 0 fully saturated rings. The predicted octanol–water partition coefficient (Wildman–Crippen LogP) is 1.92. The molecule has 0 aromatic heterocycles. The lowest BCUT2D eigenvalue weighted by molar-refractivity contribution is 0.342. The van der Waals surface area contributed by atoms with Crippen molar-refractivity contribution in [1.82, 2.24) is 0 Å². The molecule has 1 rings (SSSR count). The lowest BCUT2D eigenvalue weighted by Gasteiger charge is -2.09. The van der Waals surface area contributed by atoms with Gasteiger partial charge in [0.05, 0.1) is 12.4 Å². The molecule has 1 aromatic carbocycles. The first kappa shape index (κ1) is 13.7. The van der Waals surface area contributed by atoms with E-state index >= 15 is 0 Å². The van der Waals surface area contributed by atoms with Crippen molar-refractivity contribution in [2.24, 2.45) is 5.73 Å². The quantitative estimate of drug-likeness (QED) is 0.873. The maximum atomic E-state index is 11.6. The Morgan fingerprint density at radius 3 is 2.94 bits per heavy atom. The Labute approximate surface area is 107 Å². The Balaban J connectivity index is 2.33. The van der Waals surface area contributed by atoms with Gasteiger partial charge in [-0.15, -0.1) is 0 Å². The van der Waals surface area contributed by atoms with E-state index in [1.54, 1.807) is 0 Å². The molecule has 0 aliphatic heterocycles. The third-order valence-electron chi connectivity index (χ3n) is 2.13. The summed E-state index contributed by atoms with van der Waals surface area (Å²) >= 11 is 3.36. The minimum Gasteiger partial charge on any atom is -0.493 e. The summed E-state index contributed by atoms with van der Waals surface area (Å²) in [5.41, 5.74) is 5.44. The lowest BCUT2D eigenvalue weighted by Crippen LogP contribution is -2.25. The maximum absolute atomic E-state index is 11.6. The molecule has 5 heteroatoms. The molecule has 0 aliphatic rings. The van der Waals surface area contributed by atoms with E-state index in [0.717, 1.165) is 10.2 Å². The van der Waals surface area contributed by atoms with Crippen molar-refractivity contribution >= 4 is 26.7 Å². The zero-order valence-electron chi connectivity index (χ0n) is 9.19. The summed E-state index contributed by atoms with van der Waals surface area (Å²) in [6.45, 7) is 2.78. The zero-order chi connectivity index (χ0) is 12.0. The summed E-state index contributed by atoms with van der Waals surface area (Å²) in [6, 6.07) is 7.59. The maximum Gasteiger partial charge on any atom is 0.120 e. The molecule has 2 atom stereocenters. The van der Waals surface area contributed by atoms with Crippen LogP contribution in [0.2, 0.25) is 0 Å². The molecule has 2 N–H and O–H groups in total. The molecule has 3 nitrogen and oxygen atoms in total. The minimum atomic E-state index is -0.906. The van der Waals surface area contributed by atoms with Crippen LogP contribution in [-0.2, 0) is 10.8 Å². The van der Waals surface area contributed by atoms with Crippen molar-refractivity contribution in [2.45, 2.75) is 12.2 Å². The van der Waals surface area contributed by atoms with E-state index in [4.69, 9.17) is 10.5 Å². The molecule has 0 spiro atoms. The van der Waals surface area contributed by atoms with E-state index in [2.05, 4.69) is 15.9 Å². The summed E-state index contributed by atoms with van der Waals surface area (Å²) in [5, 5.41) is 0.0334. The minimum absolute atomic E-state index is 0.0334. The fraction of sp³-hybridized carbons (Fsp3) is 0.455. The Morgan fingerprint density at radius 2 is 2.31 bits per heavy atom. The number of ether oxygens (including phenoxy) is 1. The molecule has 0 radical (unpaired) electrons. The van der Waals surface area contributed by atoms with Gasteiger partial charge in [0, 0.05) is 27.1 Å². The standard InChI is InChI=1S/C11H16BrNO2S/c1-9(8-13)16(14)6-5-15-11-4-2-3-10(12)7-11/h2-4,7,9H,5-6,8,13H2,1H3. The van der Waals surface area contributed by atoms with Crippen molar-refractivity contribution in [1.29, 1.82) is 0 Å². The van der Waals surface area contributed by atoms with Crippen LogP contribution in [0.5, 0.6) is 5.75 Å². The van der Waals surface area contributed by atoms with E-state index in [9.17, 15) is 4.21 Å². The van der Waals surface area contributed by atoms with Gasteiger partial charge in [-0.3, -0.25) is 4.21 Å². The van der Waals surface area contributed by atoms with Gasteiger partial charge < -0.3 is 10.5 Å². The van der Waals surface area contributed by atoms with Gasteiger partial charge in [-0.25, -0.2) is 0 Å². The van der Waals surface area contributed by atoms with Gasteiger partial charge in [-0.05, 0) is 25.1 Å². The van der Waals surface area contributed by atoms with Crippen LogP contribution < -0.4 is 10.5 Å². The third kappa shape index (κ3) is 4.63. The largest absolute Gasteiger partial charge is 0.493 e. The van der Waals surface area contributed by atoms with Crippen LogP contribution in [-0.4, -0.2) is 28.4 Å². The zero-order valence-corrected chi connectivity index (χ0v) is 11.6. The second-order valence-electron chi connectivity index (χ2n) is 3.44. The van der Waals surface area contributed by atoms with E-state index in [0.29, 0.717) is 18.9 Å². The van der Waals surface area contributed by atoms with E-state index in [1.165, 1.54) is 0 Å². The van der Waals surface area contributed by atoms with Crippen molar-refractivity contribution < 1.29 is 8.95 Å². The number of halogens is 1. The second-order valence-corrected chi connectivity index (χ2v) is 6.33. The molecule has 90 valence electrons. The predicted molar refractivity (Wildman–Crippen MR) is 71.2 cm³/mol. The average molecular weight is 306 g/mol. The molecule has 0 aliphatic carbocycles. The lowest BCUT2D eigenvalue weighted by atomic mass is 10.3. The molecular formula is C11H16BrNO2S. The summed E-state index contributed by atoms with van der Waals surface area (Å²) in [4.78, 5) is 0. The van der Waals surface area contributed by atoms with Crippen LogP contribution in [0, 0.1) is 0 Å². The summed E-state index contributed by atoms with van der Waals surface area (Å²) < 4.78 is 18.0. The molecule has 1 aromatic rings. The topological polar surface area (TPSA) is 52.3 Å². The highest BCUT2D eigenvalue weighted by molar-refractivity contribution is 9.10. The average Bonchev–Trinajstić information content (AvgIpc) is 2.28. The summed E-state index contributed by atoms with van der Waals surface area (Å²) in [5.74, 6) is 1.30. The van der Waals surface area contributed by atoms with Crippen molar-refractivity contribution in [3.05, 3.63) is 28.7 Å². The first-order valence-corrected chi connectivity index (χ1v) is 7.26. The van der Waals surface area contributed by atoms with Gasteiger partial charge in [-0.1, -0.05) is 22.0 Å². The van der Waals surface area contributed by atoms with Crippen molar-refractivity contribution in [3.63, 3.8) is 0 Å². The van der Waals surface area contributed by atoms with E-state index in [-0.39, 0.29) is 5.25 Å². The molecule has 0 heterocycles. The molecule has 0 bridgehead atoms. The van der Waals surface area contributed by atoms with Gasteiger partial charge in [-0.2, -0.15) is 0 Å². The van der Waals surface area contributed by atoms with E-state index < -0.39 is 10.8 Å². The molecule has 0 amide bonds. The highest BCUT2D eigenvalue weighted by Gasteiger charge is 2.08. The van der Waals surface area contributed by atoms with Crippen LogP contribution >= 0.6 is 15.9 Å². The third-order valence-corrected chi connectivity index (χ3v) is 4.28. The van der Waals surface area contributed by atoms with E-state index in [1.807, 2.05) is 31.2 Å². The normalized spacial score (nSPS) is 14.4. The highest BCUT2D eigenvalue weighted by atomic mass is 79.9.